The zero-order chi connectivity index (χ0) is 19.3. The van der Waals surface area contributed by atoms with Crippen LogP contribution >= 0.6 is 0 Å². The zero-order valence-electron chi connectivity index (χ0n) is 15.6. The minimum absolute atomic E-state index is 0.139. The van der Waals surface area contributed by atoms with E-state index in [-0.39, 0.29) is 17.5 Å². The summed E-state index contributed by atoms with van der Waals surface area (Å²) in [5.74, 6) is 0. The molecule has 0 aromatic heterocycles. The number of aryl methyl sites for hydroxylation is 1. The number of carbonyl (C=O) groups excluding carboxylic acids is 1. The molecule has 0 unspecified atom stereocenters. The number of sulfonamides is 1. The fraction of sp³-hybridized carbons (Fsp3) is 0.316. The van der Waals surface area contributed by atoms with E-state index in [2.05, 4.69) is 5.32 Å². The van der Waals surface area contributed by atoms with Gasteiger partial charge in [-0.05, 0) is 29.7 Å². The smallest absolute Gasteiger partial charge is 0.317 e. The van der Waals surface area contributed by atoms with Crippen LogP contribution in [0.15, 0.2) is 53.4 Å². The number of carbonyl (C=O) groups is 1. The maximum Gasteiger partial charge on any atom is 0.317 e. The molecule has 0 fully saturated rings. The predicted molar refractivity (Wildman–Crippen MR) is 102 cm³/mol. The van der Waals surface area contributed by atoms with Crippen molar-refractivity contribution < 1.29 is 13.2 Å². The third-order valence-electron chi connectivity index (χ3n) is 4.18. The second-order valence-electron chi connectivity index (χ2n) is 6.34. The van der Waals surface area contributed by atoms with Gasteiger partial charge in [0.2, 0.25) is 10.0 Å². The summed E-state index contributed by atoms with van der Waals surface area (Å²) in [5, 5.41) is 2.79. The van der Waals surface area contributed by atoms with Crippen molar-refractivity contribution in [3.8, 4) is 0 Å². The van der Waals surface area contributed by atoms with Crippen LogP contribution in [-0.4, -0.2) is 44.8 Å². The lowest BCUT2D eigenvalue weighted by atomic mass is 10.1. The molecule has 6 nitrogen and oxygen atoms in total. The summed E-state index contributed by atoms with van der Waals surface area (Å²) >= 11 is 0. The number of rotatable bonds is 6. The summed E-state index contributed by atoms with van der Waals surface area (Å²) in [7, 11) is 1.12. The average Bonchev–Trinajstić information content (AvgIpc) is 2.61. The van der Waals surface area contributed by atoms with Gasteiger partial charge in [0.15, 0.2) is 0 Å². The van der Waals surface area contributed by atoms with Crippen LogP contribution in [0.25, 0.3) is 0 Å². The third-order valence-corrected chi connectivity index (χ3v) is 6.09. The van der Waals surface area contributed by atoms with E-state index in [1.165, 1.54) is 14.1 Å². The Morgan fingerprint density at radius 1 is 0.962 bits per heavy atom. The molecule has 140 valence electrons. The van der Waals surface area contributed by atoms with Crippen molar-refractivity contribution in [2.24, 2.45) is 0 Å². The fourth-order valence-corrected chi connectivity index (χ4v) is 3.63. The predicted octanol–water partition coefficient (Wildman–Crippen LogP) is 2.59. The quantitative estimate of drug-likeness (QED) is 0.844. The van der Waals surface area contributed by atoms with E-state index >= 15 is 0 Å². The van der Waals surface area contributed by atoms with E-state index in [1.807, 2.05) is 31.2 Å². The molecule has 2 rings (SSSR count). The fourth-order valence-electron chi connectivity index (χ4n) is 2.52. The lowest BCUT2D eigenvalue weighted by Crippen LogP contribution is -2.37. The number of amides is 2. The molecule has 0 aliphatic rings. The highest BCUT2D eigenvalue weighted by atomic mass is 32.2. The molecule has 2 aromatic carbocycles. The van der Waals surface area contributed by atoms with Crippen LogP contribution in [-0.2, 0) is 23.1 Å². The molecule has 7 heteroatoms. The molecule has 1 N–H and O–H groups in total. The van der Waals surface area contributed by atoms with Crippen molar-refractivity contribution in [1.82, 2.24) is 14.5 Å². The molecule has 26 heavy (non-hydrogen) atoms. The Morgan fingerprint density at radius 2 is 1.54 bits per heavy atom. The molecule has 0 heterocycles. The molecule has 0 aliphatic heterocycles. The molecular formula is C19H25N3O3S. The molecule has 0 spiro atoms. The van der Waals surface area contributed by atoms with E-state index < -0.39 is 10.0 Å². The summed E-state index contributed by atoms with van der Waals surface area (Å²) < 4.78 is 26.0. The van der Waals surface area contributed by atoms with Crippen LogP contribution in [0.3, 0.4) is 0 Å². The number of urea groups is 1. The first-order chi connectivity index (χ1) is 12.2. The first kappa shape index (κ1) is 19.9. The third kappa shape index (κ3) is 4.62. The van der Waals surface area contributed by atoms with Crippen LogP contribution in [0, 0.1) is 6.92 Å². The monoisotopic (exact) mass is 375 g/mol. The Kier molecular flexibility index (Phi) is 6.39. The van der Waals surface area contributed by atoms with E-state index in [0.29, 0.717) is 12.1 Å². The number of hydrogen-bond donors (Lipinski definition) is 1. The molecule has 0 saturated heterocycles. The Bertz CT molecular complexity index is 879. The van der Waals surface area contributed by atoms with Crippen LogP contribution < -0.4 is 5.32 Å². The van der Waals surface area contributed by atoms with Gasteiger partial charge in [0.25, 0.3) is 0 Å². The maximum atomic E-state index is 12.4. The molecular weight excluding hydrogens is 350 g/mol. The van der Waals surface area contributed by atoms with Crippen LogP contribution in [0.1, 0.15) is 16.7 Å². The number of benzene rings is 2. The first-order valence-corrected chi connectivity index (χ1v) is 9.71. The largest absolute Gasteiger partial charge is 0.334 e. The normalized spacial score (nSPS) is 11.4. The standard InChI is InChI=1S/C19H25N3O3S/c1-15-9-5-6-11-17(15)14-22(4)19(23)20-13-16-10-7-8-12-18(16)26(24,25)21(2)3/h5-12H,13-14H2,1-4H3,(H,20,23). The van der Waals surface area contributed by atoms with Crippen molar-refractivity contribution in [3.63, 3.8) is 0 Å². The maximum absolute atomic E-state index is 12.4. The SMILES string of the molecule is Cc1ccccc1CN(C)C(=O)NCc1ccccc1S(=O)(=O)N(C)C. The minimum atomic E-state index is -3.56. The highest BCUT2D eigenvalue weighted by Crippen LogP contribution is 2.18. The topological polar surface area (TPSA) is 69.7 Å². The molecule has 0 aliphatic carbocycles. The van der Waals surface area contributed by atoms with Crippen molar-refractivity contribution >= 4 is 16.1 Å². The Labute approximate surface area is 155 Å². The number of nitrogens with zero attached hydrogens (tertiary/aromatic N) is 2. The van der Waals surface area contributed by atoms with Crippen molar-refractivity contribution in [2.75, 3.05) is 21.1 Å². The second kappa shape index (κ2) is 8.33. The van der Waals surface area contributed by atoms with Gasteiger partial charge in [0.1, 0.15) is 0 Å². The van der Waals surface area contributed by atoms with E-state index in [1.54, 1.807) is 36.2 Å². The molecule has 2 amide bonds. The van der Waals surface area contributed by atoms with E-state index in [9.17, 15) is 13.2 Å². The van der Waals surface area contributed by atoms with Crippen molar-refractivity contribution in [2.45, 2.75) is 24.9 Å². The molecule has 0 bridgehead atoms. The molecule has 2 aromatic rings. The van der Waals surface area contributed by atoms with Gasteiger partial charge in [-0.3, -0.25) is 0 Å². The van der Waals surface area contributed by atoms with Gasteiger partial charge in [-0.1, -0.05) is 42.5 Å². The Hall–Kier alpha value is -2.38. The minimum Gasteiger partial charge on any atom is -0.334 e. The van der Waals surface area contributed by atoms with Gasteiger partial charge in [-0.2, -0.15) is 0 Å². The van der Waals surface area contributed by atoms with Gasteiger partial charge >= 0.3 is 6.03 Å². The number of nitrogens with one attached hydrogen (secondary N) is 1. The average molecular weight is 375 g/mol. The van der Waals surface area contributed by atoms with Gasteiger partial charge in [0.05, 0.1) is 4.90 Å². The van der Waals surface area contributed by atoms with Crippen LogP contribution in [0.5, 0.6) is 0 Å². The summed E-state index contributed by atoms with van der Waals surface area (Å²) in [4.78, 5) is 14.2. The van der Waals surface area contributed by atoms with Crippen LogP contribution in [0.4, 0.5) is 4.79 Å². The first-order valence-electron chi connectivity index (χ1n) is 8.27. The lowest BCUT2D eigenvalue weighted by Gasteiger charge is -2.20. The van der Waals surface area contributed by atoms with Crippen molar-refractivity contribution in [3.05, 3.63) is 65.2 Å². The molecule has 0 saturated carbocycles. The zero-order valence-corrected chi connectivity index (χ0v) is 16.4. The number of hydrogen-bond acceptors (Lipinski definition) is 3. The van der Waals surface area contributed by atoms with Crippen molar-refractivity contribution in [1.29, 1.82) is 0 Å². The summed E-state index contributed by atoms with van der Waals surface area (Å²) in [6.45, 7) is 2.62. The summed E-state index contributed by atoms with van der Waals surface area (Å²) in [5.41, 5.74) is 2.74. The Balaban J connectivity index is 2.07. The summed E-state index contributed by atoms with van der Waals surface area (Å²) in [6.07, 6.45) is 0. The summed E-state index contributed by atoms with van der Waals surface area (Å²) in [6, 6.07) is 14.3. The highest BCUT2D eigenvalue weighted by Gasteiger charge is 2.21. The molecule has 0 radical (unpaired) electrons. The molecule has 0 atom stereocenters. The van der Waals surface area contributed by atoms with Gasteiger partial charge < -0.3 is 10.2 Å². The van der Waals surface area contributed by atoms with Gasteiger partial charge in [0, 0.05) is 34.2 Å². The van der Waals surface area contributed by atoms with Gasteiger partial charge in [-0.25, -0.2) is 17.5 Å². The van der Waals surface area contributed by atoms with Gasteiger partial charge in [-0.15, -0.1) is 0 Å². The Morgan fingerprint density at radius 3 is 2.15 bits per heavy atom. The van der Waals surface area contributed by atoms with Crippen LogP contribution in [0.2, 0.25) is 0 Å². The van der Waals surface area contributed by atoms with E-state index in [4.69, 9.17) is 0 Å². The van der Waals surface area contributed by atoms with E-state index in [0.717, 1.165) is 15.4 Å². The lowest BCUT2D eigenvalue weighted by molar-refractivity contribution is 0.206. The second-order valence-corrected chi connectivity index (χ2v) is 8.46. The highest BCUT2D eigenvalue weighted by molar-refractivity contribution is 7.89.